The van der Waals surface area contributed by atoms with Gasteiger partial charge in [0.1, 0.15) is 13.2 Å². The van der Waals surface area contributed by atoms with E-state index in [2.05, 4.69) is 130 Å². The Morgan fingerprint density at radius 3 is 1.04 bits per heavy atom. The first-order valence-electron chi connectivity index (χ1n) is 28.9. The van der Waals surface area contributed by atoms with Crippen LogP contribution < -0.4 is 0 Å². The quantitative estimate of drug-likeness (QED) is 0.0199. The van der Waals surface area contributed by atoms with Crippen molar-refractivity contribution >= 4 is 17.9 Å². The predicted octanol–water partition coefficient (Wildman–Crippen LogP) is 19.5. The SMILES string of the molecule is CC/C=C\C/C=C\C/C=C\C/C=C\C/C=C\CCCC(=O)OC(COC(=O)CCCCCCC\C=C/C=C\C=C/CCCCCCC)COC(=O)CCCCCCCCC/C=C\CCCCCCCC. The maximum atomic E-state index is 12.8. The lowest BCUT2D eigenvalue weighted by molar-refractivity contribution is -0.167. The van der Waals surface area contributed by atoms with Crippen molar-refractivity contribution in [3.05, 3.63) is 109 Å². The van der Waals surface area contributed by atoms with Gasteiger partial charge < -0.3 is 14.2 Å². The molecule has 0 saturated heterocycles. The highest BCUT2D eigenvalue weighted by Gasteiger charge is 2.19. The number of ether oxygens (including phenoxy) is 3. The molecule has 0 aliphatic rings. The topological polar surface area (TPSA) is 78.9 Å². The Balaban J connectivity index is 4.53. The van der Waals surface area contributed by atoms with Crippen LogP contribution in [-0.2, 0) is 28.6 Å². The first-order chi connectivity index (χ1) is 34.5. The van der Waals surface area contributed by atoms with Crippen LogP contribution in [0.1, 0.15) is 258 Å². The van der Waals surface area contributed by atoms with Crippen molar-refractivity contribution in [1.29, 1.82) is 0 Å². The summed E-state index contributed by atoms with van der Waals surface area (Å²) in [6.07, 6.45) is 77.9. The zero-order chi connectivity index (χ0) is 50.7. The molecule has 0 aromatic carbocycles. The normalized spacial score (nSPS) is 12.9. The Kier molecular flexibility index (Phi) is 54.4. The summed E-state index contributed by atoms with van der Waals surface area (Å²) >= 11 is 0. The highest BCUT2D eigenvalue weighted by molar-refractivity contribution is 5.71. The van der Waals surface area contributed by atoms with Gasteiger partial charge in [0.25, 0.3) is 0 Å². The van der Waals surface area contributed by atoms with Crippen molar-refractivity contribution in [2.75, 3.05) is 13.2 Å². The molecule has 0 bridgehead atoms. The van der Waals surface area contributed by atoms with Crippen LogP contribution in [0, 0.1) is 0 Å². The molecule has 0 aliphatic heterocycles. The molecule has 1 unspecified atom stereocenters. The van der Waals surface area contributed by atoms with Gasteiger partial charge in [0.05, 0.1) is 0 Å². The van der Waals surface area contributed by atoms with E-state index in [0.717, 1.165) is 103 Å². The zero-order valence-corrected chi connectivity index (χ0v) is 45.5. The molecule has 0 aromatic heterocycles. The molecule has 0 aliphatic carbocycles. The van der Waals surface area contributed by atoms with E-state index in [0.29, 0.717) is 19.3 Å². The van der Waals surface area contributed by atoms with E-state index >= 15 is 0 Å². The fraction of sp³-hybridized carbons (Fsp3) is 0.672. The maximum Gasteiger partial charge on any atom is 0.306 e. The average Bonchev–Trinajstić information content (AvgIpc) is 3.36. The van der Waals surface area contributed by atoms with Crippen molar-refractivity contribution in [2.45, 2.75) is 264 Å². The molecule has 0 fully saturated rings. The third kappa shape index (κ3) is 55.0. The minimum Gasteiger partial charge on any atom is -0.462 e. The number of carbonyl (C=O) groups excluding carboxylic acids is 3. The molecule has 0 N–H and O–H groups in total. The van der Waals surface area contributed by atoms with Gasteiger partial charge in [-0.25, -0.2) is 0 Å². The smallest absolute Gasteiger partial charge is 0.306 e. The molecule has 0 aromatic rings. The second-order valence-electron chi connectivity index (χ2n) is 18.9. The summed E-state index contributed by atoms with van der Waals surface area (Å²) in [5, 5.41) is 0. The molecule has 6 heteroatoms. The molecular formula is C64H106O6. The zero-order valence-electron chi connectivity index (χ0n) is 45.5. The van der Waals surface area contributed by atoms with Crippen LogP contribution in [0.2, 0.25) is 0 Å². The average molecular weight is 972 g/mol. The summed E-state index contributed by atoms with van der Waals surface area (Å²) in [6, 6.07) is 0. The fourth-order valence-corrected chi connectivity index (χ4v) is 7.71. The standard InChI is InChI=1S/C64H106O6/c1-4-7-10-13-16-19-22-25-28-31-34-36-39-42-45-48-51-54-57-63(66)69-60-61(70-64(67)58-55-52-49-46-43-40-37-33-30-27-24-21-18-15-12-9-6-3)59-68-62(65)56-53-50-47-44-41-38-35-32-29-26-23-20-17-14-11-8-5-2/h9,12,18,21-22,25-31,34,36-37,40,46,49,61H,4-8,10-11,13-17,19-20,23-24,32-33,35,38-39,41-45,47-48,50-60H2,1-3H3/b12-9-,21-18-,25-22-,29-26-,30-27-,31-28-,36-34-,40-37-,49-46-. The van der Waals surface area contributed by atoms with E-state index in [4.69, 9.17) is 14.2 Å². The lowest BCUT2D eigenvalue weighted by atomic mass is 10.1. The number of carbonyl (C=O) groups is 3. The molecule has 6 nitrogen and oxygen atoms in total. The lowest BCUT2D eigenvalue weighted by Gasteiger charge is -2.18. The number of allylic oxidation sites excluding steroid dienone is 18. The Morgan fingerprint density at radius 1 is 0.314 bits per heavy atom. The largest absolute Gasteiger partial charge is 0.462 e. The van der Waals surface area contributed by atoms with Crippen LogP contribution in [-0.4, -0.2) is 37.2 Å². The molecule has 0 heterocycles. The van der Waals surface area contributed by atoms with Crippen molar-refractivity contribution < 1.29 is 28.6 Å². The van der Waals surface area contributed by atoms with Crippen LogP contribution in [0.5, 0.6) is 0 Å². The first-order valence-corrected chi connectivity index (χ1v) is 28.9. The Morgan fingerprint density at radius 2 is 0.629 bits per heavy atom. The molecule has 0 amide bonds. The van der Waals surface area contributed by atoms with Crippen LogP contribution in [0.25, 0.3) is 0 Å². The first kappa shape index (κ1) is 66.1. The van der Waals surface area contributed by atoms with Crippen LogP contribution in [0.3, 0.4) is 0 Å². The molecule has 0 rings (SSSR count). The summed E-state index contributed by atoms with van der Waals surface area (Å²) in [4.78, 5) is 38.2. The van der Waals surface area contributed by atoms with Crippen LogP contribution >= 0.6 is 0 Å². The van der Waals surface area contributed by atoms with Gasteiger partial charge in [-0.05, 0) is 109 Å². The lowest BCUT2D eigenvalue weighted by Crippen LogP contribution is -2.30. The van der Waals surface area contributed by atoms with Crippen LogP contribution in [0.4, 0.5) is 0 Å². The molecule has 0 saturated carbocycles. The van der Waals surface area contributed by atoms with E-state index in [1.165, 1.54) is 109 Å². The minimum atomic E-state index is -0.821. The van der Waals surface area contributed by atoms with Gasteiger partial charge in [-0.15, -0.1) is 0 Å². The molecule has 0 radical (unpaired) electrons. The van der Waals surface area contributed by atoms with Gasteiger partial charge in [0.2, 0.25) is 0 Å². The summed E-state index contributed by atoms with van der Waals surface area (Å²) in [5.41, 5.74) is 0. The maximum absolute atomic E-state index is 12.8. The summed E-state index contributed by atoms with van der Waals surface area (Å²) < 4.78 is 16.8. The van der Waals surface area contributed by atoms with E-state index < -0.39 is 6.10 Å². The van der Waals surface area contributed by atoms with E-state index in [-0.39, 0.29) is 37.5 Å². The summed E-state index contributed by atoms with van der Waals surface area (Å²) in [5.74, 6) is -0.993. The Labute approximate surface area is 431 Å². The fourth-order valence-electron chi connectivity index (χ4n) is 7.71. The van der Waals surface area contributed by atoms with Gasteiger partial charge in [-0.1, -0.05) is 239 Å². The van der Waals surface area contributed by atoms with Gasteiger partial charge in [-0.2, -0.15) is 0 Å². The third-order valence-electron chi connectivity index (χ3n) is 12.0. The van der Waals surface area contributed by atoms with Crippen molar-refractivity contribution in [3.63, 3.8) is 0 Å². The number of esters is 3. The second kappa shape index (κ2) is 57.6. The van der Waals surface area contributed by atoms with Crippen molar-refractivity contribution in [1.82, 2.24) is 0 Å². The predicted molar refractivity (Wildman–Crippen MR) is 302 cm³/mol. The van der Waals surface area contributed by atoms with Gasteiger partial charge in [0, 0.05) is 19.3 Å². The number of hydrogen-bond acceptors (Lipinski definition) is 6. The van der Waals surface area contributed by atoms with E-state index in [9.17, 15) is 14.4 Å². The van der Waals surface area contributed by atoms with Crippen molar-refractivity contribution in [2.24, 2.45) is 0 Å². The van der Waals surface area contributed by atoms with Gasteiger partial charge >= 0.3 is 17.9 Å². The van der Waals surface area contributed by atoms with Gasteiger partial charge in [0.15, 0.2) is 6.10 Å². The van der Waals surface area contributed by atoms with E-state index in [1.54, 1.807) is 0 Å². The molecule has 1 atom stereocenters. The Bertz CT molecular complexity index is 1440. The number of unbranched alkanes of at least 4 members (excludes halogenated alkanes) is 24. The monoisotopic (exact) mass is 971 g/mol. The Hall–Kier alpha value is -3.93. The molecule has 0 spiro atoms. The second-order valence-corrected chi connectivity index (χ2v) is 18.9. The third-order valence-corrected chi connectivity index (χ3v) is 12.0. The minimum absolute atomic E-state index is 0.111. The summed E-state index contributed by atoms with van der Waals surface area (Å²) in [6.45, 7) is 6.44. The molecular weight excluding hydrogens is 865 g/mol. The number of hydrogen-bond donors (Lipinski definition) is 0. The molecule has 70 heavy (non-hydrogen) atoms. The van der Waals surface area contributed by atoms with Crippen molar-refractivity contribution in [3.8, 4) is 0 Å². The van der Waals surface area contributed by atoms with Gasteiger partial charge in [-0.3, -0.25) is 14.4 Å². The van der Waals surface area contributed by atoms with Crippen LogP contribution in [0.15, 0.2) is 109 Å². The number of rotatable bonds is 51. The highest BCUT2D eigenvalue weighted by Crippen LogP contribution is 2.14. The highest BCUT2D eigenvalue weighted by atomic mass is 16.6. The molecule has 398 valence electrons. The van der Waals surface area contributed by atoms with E-state index in [1.807, 2.05) is 0 Å². The summed E-state index contributed by atoms with van der Waals surface area (Å²) in [7, 11) is 0.